The maximum Gasteiger partial charge on any atom is 0.0998 e. The molecule has 278 valence electrons. The van der Waals surface area contributed by atoms with E-state index in [1.54, 1.807) is 0 Å². The van der Waals surface area contributed by atoms with Crippen molar-refractivity contribution >= 4 is 0 Å². The average molecular weight is 762 g/mol. The number of hydrogen-bond acceptors (Lipinski definition) is 3. The second kappa shape index (κ2) is 16.5. The Morgan fingerprint density at radius 3 is 0.900 bits per heavy atom. The minimum atomic E-state index is 0.588. The van der Waals surface area contributed by atoms with Crippen LogP contribution >= 0.6 is 0 Å². The first-order valence-corrected chi connectivity index (χ1v) is 19.7. The topological polar surface area (TPSA) is 71.4 Å². The van der Waals surface area contributed by atoms with E-state index < -0.39 is 0 Å². The molecule has 60 heavy (non-hydrogen) atoms. The third-order valence-corrected chi connectivity index (χ3v) is 11.0. The molecule has 0 heterocycles. The molecule has 0 fully saturated rings. The predicted molar refractivity (Wildman–Crippen MR) is 244 cm³/mol. The Balaban J connectivity index is 0.969. The summed E-state index contributed by atoms with van der Waals surface area (Å²) in [5.41, 5.74) is 18.0. The van der Waals surface area contributed by atoms with Gasteiger partial charge in [0.1, 0.15) is 0 Å². The van der Waals surface area contributed by atoms with Crippen molar-refractivity contribution < 1.29 is 0 Å². The van der Waals surface area contributed by atoms with Crippen LogP contribution < -0.4 is 0 Å². The van der Waals surface area contributed by atoms with Gasteiger partial charge in [0.05, 0.1) is 34.9 Å². The second-order valence-electron chi connectivity index (χ2n) is 14.7. The van der Waals surface area contributed by atoms with Gasteiger partial charge in [0, 0.05) is 0 Å². The molecule has 3 nitrogen and oxygen atoms in total. The van der Waals surface area contributed by atoms with Gasteiger partial charge in [-0.2, -0.15) is 15.8 Å². The molecular weight excluding hydrogens is 727 g/mol. The molecule has 0 unspecified atom stereocenters. The van der Waals surface area contributed by atoms with Gasteiger partial charge in [-0.25, -0.2) is 0 Å². The zero-order chi connectivity index (χ0) is 40.8. The number of nitrogens with zero attached hydrogens (tertiary/aromatic N) is 3. The van der Waals surface area contributed by atoms with Crippen molar-refractivity contribution in [1.29, 1.82) is 15.8 Å². The lowest BCUT2D eigenvalue weighted by molar-refractivity contribution is 1.47. The predicted octanol–water partition coefficient (Wildman–Crippen LogP) is 14.6. The Labute approximate surface area is 350 Å². The zero-order valence-corrected chi connectivity index (χ0v) is 32.5. The second-order valence-corrected chi connectivity index (χ2v) is 14.7. The molecule has 0 aliphatic heterocycles. The number of benzene rings is 9. The molecule has 0 bridgehead atoms. The molecule has 0 saturated carbocycles. The molecule has 0 radical (unpaired) electrons. The van der Waals surface area contributed by atoms with E-state index in [9.17, 15) is 15.8 Å². The standard InChI is InChI=1S/C57H35N3/c58-36-39-29-52(48-15-7-13-46(31-48)42-17-21-44(22-18-42)56-27-25-50(33-54(56)37-59)40-9-3-1-4-10-40)35-53(30-39)49-16-8-14-47(32-49)43-19-23-45(24-20-43)57-28-26-51(34-55(57)38-60)41-11-5-2-6-12-41/h1-35H. The summed E-state index contributed by atoms with van der Waals surface area (Å²) in [5, 5.41) is 30.2. The molecule has 3 heteroatoms. The first-order chi connectivity index (χ1) is 29.6. The Bertz CT molecular complexity index is 2940. The van der Waals surface area contributed by atoms with Crippen molar-refractivity contribution in [3.63, 3.8) is 0 Å². The lowest BCUT2D eigenvalue weighted by atomic mass is 9.92. The highest BCUT2D eigenvalue weighted by Gasteiger charge is 2.12. The maximum atomic E-state index is 10.1. The molecule has 0 aliphatic rings. The summed E-state index contributed by atoms with van der Waals surface area (Å²) < 4.78 is 0. The normalized spacial score (nSPS) is 10.6. The van der Waals surface area contributed by atoms with E-state index in [1.165, 1.54) is 0 Å². The van der Waals surface area contributed by atoms with E-state index in [0.717, 1.165) is 89.0 Å². The van der Waals surface area contributed by atoms with Gasteiger partial charge in [0.25, 0.3) is 0 Å². The van der Waals surface area contributed by atoms with Crippen LogP contribution in [0.15, 0.2) is 212 Å². The fourth-order valence-corrected chi connectivity index (χ4v) is 7.86. The van der Waals surface area contributed by atoms with Crippen molar-refractivity contribution in [2.24, 2.45) is 0 Å². The van der Waals surface area contributed by atoms with Crippen LogP contribution in [0.4, 0.5) is 0 Å². The first-order valence-electron chi connectivity index (χ1n) is 19.7. The highest BCUT2D eigenvalue weighted by Crippen LogP contribution is 2.36. The van der Waals surface area contributed by atoms with E-state index in [1.807, 2.05) is 72.8 Å². The van der Waals surface area contributed by atoms with Crippen molar-refractivity contribution in [3.05, 3.63) is 229 Å². The first kappa shape index (κ1) is 37.1. The molecule has 0 amide bonds. The summed E-state index contributed by atoms with van der Waals surface area (Å²) >= 11 is 0. The molecule has 9 aromatic rings. The molecule has 0 atom stereocenters. The Kier molecular flexibility index (Phi) is 10.2. The third kappa shape index (κ3) is 7.62. The van der Waals surface area contributed by atoms with Crippen molar-refractivity contribution in [1.82, 2.24) is 0 Å². The number of nitriles is 3. The molecule has 0 N–H and O–H groups in total. The summed E-state index contributed by atoms with van der Waals surface area (Å²) in [6, 6.07) is 79.0. The van der Waals surface area contributed by atoms with Crippen LogP contribution in [0.1, 0.15) is 16.7 Å². The van der Waals surface area contributed by atoms with E-state index in [0.29, 0.717) is 16.7 Å². The summed E-state index contributed by atoms with van der Waals surface area (Å²) in [7, 11) is 0. The third-order valence-electron chi connectivity index (χ3n) is 11.0. The van der Waals surface area contributed by atoms with Gasteiger partial charge in [0.15, 0.2) is 0 Å². The van der Waals surface area contributed by atoms with E-state index in [2.05, 4.69) is 158 Å². The lowest BCUT2D eigenvalue weighted by Crippen LogP contribution is -1.89. The van der Waals surface area contributed by atoms with Crippen LogP contribution in [0, 0.1) is 34.0 Å². The molecule has 0 spiro atoms. The average Bonchev–Trinajstić information content (AvgIpc) is 3.34. The van der Waals surface area contributed by atoms with Gasteiger partial charge >= 0.3 is 0 Å². The Morgan fingerprint density at radius 1 is 0.217 bits per heavy atom. The molecular formula is C57H35N3. The van der Waals surface area contributed by atoms with Gasteiger partial charge in [-0.3, -0.25) is 0 Å². The maximum absolute atomic E-state index is 10.1. The van der Waals surface area contributed by atoms with E-state index >= 15 is 0 Å². The van der Waals surface area contributed by atoms with Crippen LogP contribution in [-0.4, -0.2) is 0 Å². The Morgan fingerprint density at radius 2 is 0.517 bits per heavy atom. The SMILES string of the molecule is N#Cc1cc(-c2cccc(-c3ccc(-c4ccc(-c5ccccc5)cc4C#N)cc3)c2)cc(-c2cccc(-c3ccc(-c4ccc(-c5ccccc5)cc4C#N)cc3)c2)c1. The molecule has 0 aromatic heterocycles. The quantitative estimate of drug-likeness (QED) is 0.155. The highest BCUT2D eigenvalue weighted by atomic mass is 14.3. The molecule has 9 rings (SSSR count). The van der Waals surface area contributed by atoms with Crippen molar-refractivity contribution in [3.8, 4) is 107 Å². The Hall–Kier alpha value is -8.55. The highest BCUT2D eigenvalue weighted by molar-refractivity contribution is 5.83. The smallest absolute Gasteiger partial charge is 0.0998 e. The minimum Gasteiger partial charge on any atom is -0.192 e. The van der Waals surface area contributed by atoms with E-state index in [-0.39, 0.29) is 0 Å². The summed E-state index contributed by atoms with van der Waals surface area (Å²) in [5.74, 6) is 0. The summed E-state index contributed by atoms with van der Waals surface area (Å²) in [4.78, 5) is 0. The summed E-state index contributed by atoms with van der Waals surface area (Å²) in [6.07, 6.45) is 0. The van der Waals surface area contributed by atoms with E-state index in [4.69, 9.17) is 0 Å². The molecule has 9 aromatic carbocycles. The largest absolute Gasteiger partial charge is 0.192 e. The minimum absolute atomic E-state index is 0.588. The van der Waals surface area contributed by atoms with Crippen molar-refractivity contribution in [2.75, 3.05) is 0 Å². The van der Waals surface area contributed by atoms with Crippen LogP contribution in [0.25, 0.3) is 89.0 Å². The van der Waals surface area contributed by atoms with Gasteiger partial charge in [-0.05, 0) is 131 Å². The fourth-order valence-electron chi connectivity index (χ4n) is 7.86. The monoisotopic (exact) mass is 761 g/mol. The number of hydrogen-bond donors (Lipinski definition) is 0. The van der Waals surface area contributed by atoms with Gasteiger partial charge < -0.3 is 0 Å². The fraction of sp³-hybridized carbons (Fsp3) is 0. The molecule has 0 aliphatic carbocycles. The van der Waals surface area contributed by atoms with Crippen molar-refractivity contribution in [2.45, 2.75) is 0 Å². The molecule has 0 saturated heterocycles. The van der Waals surface area contributed by atoms with Gasteiger partial charge in [-0.1, -0.05) is 170 Å². The van der Waals surface area contributed by atoms with Gasteiger partial charge in [0.2, 0.25) is 0 Å². The summed E-state index contributed by atoms with van der Waals surface area (Å²) in [6.45, 7) is 0. The lowest BCUT2D eigenvalue weighted by Gasteiger charge is -2.12. The van der Waals surface area contributed by atoms with Crippen LogP contribution in [-0.2, 0) is 0 Å². The van der Waals surface area contributed by atoms with Crippen LogP contribution in [0.2, 0.25) is 0 Å². The van der Waals surface area contributed by atoms with Crippen LogP contribution in [0.5, 0.6) is 0 Å². The number of rotatable bonds is 8. The van der Waals surface area contributed by atoms with Crippen LogP contribution in [0.3, 0.4) is 0 Å². The van der Waals surface area contributed by atoms with Gasteiger partial charge in [-0.15, -0.1) is 0 Å². The zero-order valence-electron chi connectivity index (χ0n) is 32.5.